The van der Waals surface area contributed by atoms with Gasteiger partial charge in [-0.1, -0.05) is 20.8 Å². The van der Waals surface area contributed by atoms with E-state index in [-0.39, 0.29) is 0 Å². The molecule has 0 saturated carbocycles. The minimum atomic E-state index is 0.499. The van der Waals surface area contributed by atoms with Gasteiger partial charge in [0.15, 0.2) is 0 Å². The smallest absolute Gasteiger partial charge is 0.0957 e. The third-order valence-electron chi connectivity index (χ3n) is 2.39. The summed E-state index contributed by atoms with van der Waals surface area (Å²) in [6, 6.07) is 0.499. The van der Waals surface area contributed by atoms with E-state index >= 15 is 0 Å². The molecule has 0 heterocycles. The van der Waals surface area contributed by atoms with Crippen molar-refractivity contribution >= 4 is 5.84 Å². The fourth-order valence-electron chi connectivity index (χ4n) is 1.52. The SMILES string of the molecule is CCCC(=N)N(C)C(C)CC(C)C. The Morgan fingerprint density at radius 3 is 2.23 bits per heavy atom. The molecule has 0 aliphatic carbocycles. The summed E-state index contributed by atoms with van der Waals surface area (Å²) in [4.78, 5) is 2.10. The van der Waals surface area contributed by atoms with E-state index in [1.54, 1.807) is 0 Å². The molecule has 0 radical (unpaired) electrons. The molecule has 0 aromatic heterocycles. The molecule has 1 N–H and O–H groups in total. The van der Waals surface area contributed by atoms with Crippen LogP contribution in [0.25, 0.3) is 0 Å². The quantitative estimate of drug-likeness (QED) is 0.516. The lowest BCUT2D eigenvalue weighted by Crippen LogP contribution is -2.35. The fraction of sp³-hybridized carbons (Fsp3) is 0.909. The van der Waals surface area contributed by atoms with Crippen molar-refractivity contribution in [1.29, 1.82) is 5.41 Å². The highest BCUT2D eigenvalue weighted by Gasteiger charge is 2.12. The lowest BCUT2D eigenvalue weighted by atomic mass is 10.0. The zero-order valence-electron chi connectivity index (χ0n) is 9.72. The number of hydrogen-bond donors (Lipinski definition) is 1. The van der Waals surface area contributed by atoms with E-state index in [1.807, 2.05) is 7.05 Å². The van der Waals surface area contributed by atoms with E-state index in [9.17, 15) is 0 Å². The second-order valence-electron chi connectivity index (χ2n) is 4.29. The molecule has 0 aliphatic heterocycles. The van der Waals surface area contributed by atoms with Crippen LogP contribution >= 0.6 is 0 Å². The van der Waals surface area contributed by atoms with Gasteiger partial charge in [-0.3, -0.25) is 5.41 Å². The Kier molecular flexibility index (Phi) is 5.76. The molecule has 0 amide bonds. The molecule has 2 heteroatoms. The molecule has 1 unspecified atom stereocenters. The average Bonchev–Trinajstić information content (AvgIpc) is 2.02. The maximum atomic E-state index is 7.80. The van der Waals surface area contributed by atoms with Crippen LogP contribution in [-0.4, -0.2) is 23.8 Å². The summed E-state index contributed by atoms with van der Waals surface area (Å²) in [5, 5.41) is 7.80. The molecular formula is C11H24N2. The Morgan fingerprint density at radius 1 is 1.31 bits per heavy atom. The summed E-state index contributed by atoms with van der Waals surface area (Å²) < 4.78 is 0. The maximum absolute atomic E-state index is 7.80. The largest absolute Gasteiger partial charge is 0.361 e. The Hall–Kier alpha value is -0.530. The van der Waals surface area contributed by atoms with Crippen molar-refractivity contribution in [3.05, 3.63) is 0 Å². The van der Waals surface area contributed by atoms with Gasteiger partial charge in [-0.15, -0.1) is 0 Å². The van der Waals surface area contributed by atoms with Gasteiger partial charge in [0.2, 0.25) is 0 Å². The van der Waals surface area contributed by atoms with Crippen molar-refractivity contribution in [2.24, 2.45) is 5.92 Å². The van der Waals surface area contributed by atoms with Crippen molar-refractivity contribution in [2.45, 2.75) is 53.0 Å². The Morgan fingerprint density at radius 2 is 1.85 bits per heavy atom. The number of amidine groups is 1. The molecule has 0 saturated heterocycles. The minimum absolute atomic E-state index is 0.499. The summed E-state index contributed by atoms with van der Waals surface area (Å²) in [5.41, 5.74) is 0. The van der Waals surface area contributed by atoms with Crippen molar-refractivity contribution in [3.63, 3.8) is 0 Å². The van der Waals surface area contributed by atoms with Crippen molar-refractivity contribution in [3.8, 4) is 0 Å². The molecule has 1 atom stereocenters. The van der Waals surface area contributed by atoms with Crippen LogP contribution in [0, 0.1) is 11.3 Å². The van der Waals surface area contributed by atoms with E-state index in [4.69, 9.17) is 5.41 Å². The van der Waals surface area contributed by atoms with E-state index in [0.29, 0.717) is 12.0 Å². The first-order valence-electron chi connectivity index (χ1n) is 5.29. The normalized spacial score (nSPS) is 13.1. The van der Waals surface area contributed by atoms with Gasteiger partial charge in [-0.05, 0) is 25.7 Å². The van der Waals surface area contributed by atoms with Crippen LogP contribution in [0.5, 0.6) is 0 Å². The molecular weight excluding hydrogens is 160 g/mol. The topological polar surface area (TPSA) is 27.1 Å². The van der Waals surface area contributed by atoms with Crippen molar-refractivity contribution < 1.29 is 0 Å². The average molecular weight is 184 g/mol. The van der Waals surface area contributed by atoms with E-state index in [2.05, 4.69) is 32.6 Å². The van der Waals surface area contributed by atoms with E-state index in [0.717, 1.165) is 18.7 Å². The highest BCUT2D eigenvalue weighted by atomic mass is 15.2. The molecule has 0 fully saturated rings. The zero-order valence-corrected chi connectivity index (χ0v) is 9.72. The van der Waals surface area contributed by atoms with Crippen molar-refractivity contribution in [2.75, 3.05) is 7.05 Å². The van der Waals surface area contributed by atoms with Crippen LogP contribution in [0.15, 0.2) is 0 Å². The number of nitrogens with zero attached hydrogens (tertiary/aromatic N) is 1. The summed E-state index contributed by atoms with van der Waals surface area (Å²) in [6.07, 6.45) is 3.14. The van der Waals surface area contributed by atoms with Crippen LogP contribution in [0.3, 0.4) is 0 Å². The molecule has 0 rings (SSSR count). The molecule has 13 heavy (non-hydrogen) atoms. The monoisotopic (exact) mass is 184 g/mol. The van der Waals surface area contributed by atoms with Gasteiger partial charge in [-0.25, -0.2) is 0 Å². The van der Waals surface area contributed by atoms with Crippen LogP contribution in [0.1, 0.15) is 47.0 Å². The van der Waals surface area contributed by atoms with Crippen LogP contribution < -0.4 is 0 Å². The van der Waals surface area contributed by atoms with Gasteiger partial charge in [-0.2, -0.15) is 0 Å². The highest BCUT2D eigenvalue weighted by Crippen LogP contribution is 2.10. The molecule has 0 aromatic rings. The van der Waals surface area contributed by atoms with E-state index < -0.39 is 0 Å². The third kappa shape index (κ3) is 4.91. The first kappa shape index (κ1) is 12.5. The van der Waals surface area contributed by atoms with Gasteiger partial charge >= 0.3 is 0 Å². The predicted octanol–water partition coefficient (Wildman–Crippen LogP) is 3.13. The van der Waals surface area contributed by atoms with Gasteiger partial charge < -0.3 is 4.90 Å². The number of rotatable bonds is 5. The Balaban J connectivity index is 3.93. The summed E-state index contributed by atoms with van der Waals surface area (Å²) in [5.74, 6) is 1.49. The Labute approximate surface area is 82.8 Å². The second kappa shape index (κ2) is 6.01. The maximum Gasteiger partial charge on any atom is 0.0957 e. The summed E-state index contributed by atoms with van der Waals surface area (Å²) >= 11 is 0. The van der Waals surface area contributed by atoms with Crippen LogP contribution in [-0.2, 0) is 0 Å². The zero-order chi connectivity index (χ0) is 10.4. The molecule has 78 valence electrons. The van der Waals surface area contributed by atoms with Gasteiger partial charge in [0.05, 0.1) is 5.84 Å². The van der Waals surface area contributed by atoms with Crippen molar-refractivity contribution in [1.82, 2.24) is 4.90 Å². The van der Waals surface area contributed by atoms with Crippen LogP contribution in [0.4, 0.5) is 0 Å². The standard InChI is InChI=1S/C11H24N2/c1-6-7-11(12)13(5)10(4)8-9(2)3/h9-10,12H,6-8H2,1-5H3. The molecule has 0 aromatic carbocycles. The summed E-state index contributed by atoms with van der Waals surface area (Å²) in [7, 11) is 2.03. The fourth-order valence-corrected chi connectivity index (χ4v) is 1.52. The predicted molar refractivity (Wildman–Crippen MR) is 59.3 cm³/mol. The summed E-state index contributed by atoms with van der Waals surface area (Å²) in [6.45, 7) is 8.78. The minimum Gasteiger partial charge on any atom is -0.361 e. The first-order chi connectivity index (χ1) is 5.99. The third-order valence-corrected chi connectivity index (χ3v) is 2.39. The van der Waals surface area contributed by atoms with Gasteiger partial charge in [0.25, 0.3) is 0 Å². The van der Waals surface area contributed by atoms with Gasteiger partial charge in [0.1, 0.15) is 0 Å². The lowest BCUT2D eigenvalue weighted by molar-refractivity contribution is 0.326. The van der Waals surface area contributed by atoms with Gasteiger partial charge in [0, 0.05) is 19.5 Å². The number of hydrogen-bond acceptors (Lipinski definition) is 1. The molecule has 0 bridgehead atoms. The Bertz CT molecular complexity index is 152. The number of nitrogens with one attached hydrogen (secondary N) is 1. The first-order valence-corrected chi connectivity index (χ1v) is 5.29. The molecule has 2 nitrogen and oxygen atoms in total. The molecule has 0 spiro atoms. The van der Waals surface area contributed by atoms with Crippen LogP contribution in [0.2, 0.25) is 0 Å². The second-order valence-corrected chi connectivity index (χ2v) is 4.29. The van der Waals surface area contributed by atoms with E-state index in [1.165, 1.54) is 6.42 Å². The highest BCUT2D eigenvalue weighted by molar-refractivity contribution is 5.79. The molecule has 0 aliphatic rings. The lowest BCUT2D eigenvalue weighted by Gasteiger charge is -2.28.